The number of amides is 1. The van der Waals surface area contributed by atoms with Crippen LogP contribution in [0.15, 0.2) is 48.5 Å². The summed E-state index contributed by atoms with van der Waals surface area (Å²) in [5, 5.41) is 0. The number of hydrogen-bond acceptors (Lipinski definition) is 3. The Morgan fingerprint density at radius 1 is 1.25 bits per heavy atom. The van der Waals surface area contributed by atoms with Gasteiger partial charge in [0.05, 0.1) is 12.8 Å². The molecule has 2 aromatic carbocycles. The molecule has 1 fully saturated rings. The summed E-state index contributed by atoms with van der Waals surface area (Å²) in [5.41, 5.74) is 8.16. The first-order chi connectivity index (χ1) is 11.6. The maximum Gasteiger partial charge on any atom is 0.254 e. The second-order valence-corrected chi connectivity index (χ2v) is 6.45. The number of ether oxygens (including phenoxy) is 1. The van der Waals surface area contributed by atoms with Crippen LogP contribution in [0.3, 0.4) is 0 Å². The molecule has 24 heavy (non-hydrogen) atoms. The van der Waals surface area contributed by atoms with Crippen molar-refractivity contribution >= 4 is 11.6 Å². The first-order valence-electron chi connectivity index (χ1n) is 8.38. The average Bonchev–Trinajstić information content (AvgIpc) is 3.45. The lowest BCUT2D eigenvalue weighted by atomic mass is 10.1. The molecule has 2 aromatic rings. The third-order valence-corrected chi connectivity index (χ3v) is 4.73. The van der Waals surface area contributed by atoms with Crippen LogP contribution in [0, 0.1) is 5.92 Å². The lowest BCUT2D eigenvalue weighted by molar-refractivity contribution is 0.0654. The van der Waals surface area contributed by atoms with Gasteiger partial charge in [-0.15, -0.1) is 0 Å². The monoisotopic (exact) mass is 324 g/mol. The Labute approximate surface area is 143 Å². The molecule has 126 valence electrons. The lowest BCUT2D eigenvalue weighted by Gasteiger charge is -2.30. The van der Waals surface area contributed by atoms with E-state index >= 15 is 0 Å². The van der Waals surface area contributed by atoms with Crippen molar-refractivity contribution in [2.45, 2.75) is 32.4 Å². The van der Waals surface area contributed by atoms with Crippen LogP contribution in [0.25, 0.3) is 0 Å². The minimum absolute atomic E-state index is 0.0246. The highest BCUT2D eigenvalue weighted by molar-refractivity contribution is 5.95. The summed E-state index contributed by atoms with van der Waals surface area (Å²) in [5.74, 6) is 1.17. The van der Waals surface area contributed by atoms with E-state index in [9.17, 15) is 4.79 Å². The third-order valence-electron chi connectivity index (χ3n) is 4.73. The molecule has 0 saturated heterocycles. The van der Waals surface area contributed by atoms with Crippen LogP contribution in [0.1, 0.15) is 35.7 Å². The quantitative estimate of drug-likeness (QED) is 0.824. The standard InChI is InChI=1S/C20H24N2O2/c1-14(16-8-9-16)22(13-15-6-4-3-5-7-15)20(23)17-10-11-18(21)19(12-17)24-2/h3-7,10-12,14,16H,8-9,13,21H2,1-2H3. The molecule has 3 rings (SSSR count). The van der Waals surface area contributed by atoms with E-state index in [0.717, 1.165) is 5.56 Å². The van der Waals surface area contributed by atoms with Crippen molar-refractivity contribution < 1.29 is 9.53 Å². The molecule has 1 saturated carbocycles. The van der Waals surface area contributed by atoms with Gasteiger partial charge in [-0.1, -0.05) is 30.3 Å². The molecule has 0 bridgehead atoms. The van der Waals surface area contributed by atoms with Crippen molar-refractivity contribution in [3.63, 3.8) is 0 Å². The van der Waals surface area contributed by atoms with Crippen molar-refractivity contribution in [1.82, 2.24) is 4.90 Å². The summed E-state index contributed by atoms with van der Waals surface area (Å²) < 4.78 is 5.26. The second kappa shape index (κ2) is 6.95. The van der Waals surface area contributed by atoms with Crippen molar-refractivity contribution in [1.29, 1.82) is 0 Å². The van der Waals surface area contributed by atoms with E-state index in [1.165, 1.54) is 12.8 Å². The zero-order chi connectivity index (χ0) is 17.1. The number of benzene rings is 2. The fourth-order valence-corrected chi connectivity index (χ4v) is 3.02. The van der Waals surface area contributed by atoms with Gasteiger partial charge in [0.25, 0.3) is 5.91 Å². The molecular formula is C20H24N2O2. The summed E-state index contributed by atoms with van der Waals surface area (Å²) in [6.45, 7) is 2.76. The highest BCUT2D eigenvalue weighted by Gasteiger charge is 2.34. The zero-order valence-corrected chi connectivity index (χ0v) is 14.2. The molecule has 2 N–H and O–H groups in total. The van der Waals surface area contributed by atoms with Gasteiger partial charge in [0, 0.05) is 18.2 Å². The van der Waals surface area contributed by atoms with Gasteiger partial charge in [-0.25, -0.2) is 0 Å². The Morgan fingerprint density at radius 2 is 1.96 bits per heavy atom. The van der Waals surface area contributed by atoms with Crippen molar-refractivity contribution in [2.24, 2.45) is 5.92 Å². The van der Waals surface area contributed by atoms with Gasteiger partial charge in [-0.05, 0) is 49.4 Å². The van der Waals surface area contributed by atoms with E-state index in [4.69, 9.17) is 10.5 Å². The van der Waals surface area contributed by atoms with Crippen LogP contribution >= 0.6 is 0 Å². The van der Waals surface area contributed by atoms with Gasteiger partial charge in [-0.3, -0.25) is 4.79 Å². The van der Waals surface area contributed by atoms with Gasteiger partial charge in [0.1, 0.15) is 5.75 Å². The zero-order valence-electron chi connectivity index (χ0n) is 14.2. The molecule has 1 unspecified atom stereocenters. The predicted octanol–water partition coefficient (Wildman–Crippen LogP) is 3.72. The number of hydrogen-bond donors (Lipinski definition) is 1. The smallest absolute Gasteiger partial charge is 0.254 e. The molecule has 0 aromatic heterocycles. The van der Waals surface area contributed by atoms with Crippen molar-refractivity contribution in [3.8, 4) is 5.75 Å². The maximum atomic E-state index is 13.1. The Bertz CT molecular complexity index is 711. The summed E-state index contributed by atoms with van der Waals surface area (Å²) in [6, 6.07) is 15.6. The number of carbonyl (C=O) groups is 1. The Hall–Kier alpha value is -2.49. The average molecular weight is 324 g/mol. The largest absolute Gasteiger partial charge is 0.495 e. The van der Waals surface area contributed by atoms with E-state index in [1.807, 2.05) is 23.1 Å². The minimum atomic E-state index is 0.0246. The van der Waals surface area contributed by atoms with E-state index < -0.39 is 0 Å². The van der Waals surface area contributed by atoms with Gasteiger partial charge < -0.3 is 15.4 Å². The molecule has 0 heterocycles. The van der Waals surface area contributed by atoms with E-state index in [1.54, 1.807) is 25.3 Å². The SMILES string of the molecule is COc1cc(C(=O)N(Cc2ccccc2)C(C)C2CC2)ccc1N. The minimum Gasteiger partial charge on any atom is -0.495 e. The summed E-state index contributed by atoms with van der Waals surface area (Å²) in [6.07, 6.45) is 2.40. The van der Waals surface area contributed by atoms with Gasteiger partial charge in [0.15, 0.2) is 0 Å². The number of nitrogen functional groups attached to an aromatic ring is 1. The van der Waals surface area contributed by atoms with E-state index in [0.29, 0.717) is 29.5 Å². The molecular weight excluding hydrogens is 300 g/mol. The Balaban J connectivity index is 1.88. The Morgan fingerprint density at radius 3 is 2.58 bits per heavy atom. The van der Waals surface area contributed by atoms with Gasteiger partial charge in [-0.2, -0.15) is 0 Å². The van der Waals surface area contributed by atoms with Gasteiger partial charge in [0.2, 0.25) is 0 Å². The molecule has 0 aliphatic heterocycles. The van der Waals surface area contributed by atoms with Crippen LogP contribution < -0.4 is 10.5 Å². The molecule has 1 aliphatic rings. The number of rotatable bonds is 6. The first-order valence-corrected chi connectivity index (χ1v) is 8.38. The van der Waals surface area contributed by atoms with E-state index in [2.05, 4.69) is 19.1 Å². The second-order valence-electron chi connectivity index (χ2n) is 6.45. The van der Waals surface area contributed by atoms with Crippen LogP contribution in [0.2, 0.25) is 0 Å². The van der Waals surface area contributed by atoms with Crippen LogP contribution in [0.5, 0.6) is 5.75 Å². The number of nitrogens with zero attached hydrogens (tertiary/aromatic N) is 1. The maximum absolute atomic E-state index is 13.1. The summed E-state index contributed by atoms with van der Waals surface area (Å²) in [7, 11) is 1.56. The van der Waals surface area contributed by atoms with E-state index in [-0.39, 0.29) is 11.9 Å². The predicted molar refractivity (Wildman–Crippen MR) is 95.9 cm³/mol. The van der Waals surface area contributed by atoms with Gasteiger partial charge >= 0.3 is 0 Å². The normalized spacial score (nSPS) is 14.9. The number of methoxy groups -OCH3 is 1. The fourth-order valence-electron chi connectivity index (χ4n) is 3.02. The number of anilines is 1. The number of carbonyl (C=O) groups excluding carboxylic acids is 1. The molecule has 1 amide bonds. The highest BCUT2D eigenvalue weighted by atomic mass is 16.5. The topological polar surface area (TPSA) is 55.6 Å². The fraction of sp³-hybridized carbons (Fsp3) is 0.350. The molecule has 0 spiro atoms. The highest BCUT2D eigenvalue weighted by Crippen LogP contribution is 2.36. The first kappa shape index (κ1) is 16.4. The molecule has 1 atom stereocenters. The molecule has 1 aliphatic carbocycles. The third kappa shape index (κ3) is 3.53. The molecule has 4 heteroatoms. The van der Waals surface area contributed by atoms with Crippen LogP contribution in [-0.4, -0.2) is 24.0 Å². The Kier molecular flexibility index (Phi) is 4.74. The van der Waals surface area contributed by atoms with Crippen LogP contribution in [0.4, 0.5) is 5.69 Å². The van der Waals surface area contributed by atoms with Crippen molar-refractivity contribution in [2.75, 3.05) is 12.8 Å². The lowest BCUT2D eigenvalue weighted by Crippen LogP contribution is -2.39. The van der Waals surface area contributed by atoms with Crippen LogP contribution in [-0.2, 0) is 6.54 Å². The van der Waals surface area contributed by atoms with Crippen molar-refractivity contribution in [3.05, 3.63) is 59.7 Å². The molecule has 4 nitrogen and oxygen atoms in total. The molecule has 0 radical (unpaired) electrons. The summed E-state index contributed by atoms with van der Waals surface area (Å²) >= 11 is 0. The number of nitrogens with two attached hydrogens (primary N) is 1. The summed E-state index contributed by atoms with van der Waals surface area (Å²) in [4.78, 5) is 15.1.